The third-order valence-corrected chi connectivity index (χ3v) is 5.90. The van der Waals surface area contributed by atoms with Gasteiger partial charge in [-0.1, -0.05) is 6.42 Å². The van der Waals surface area contributed by atoms with Gasteiger partial charge in [0.05, 0.1) is 6.04 Å². The monoisotopic (exact) mass is 292 g/mol. The summed E-state index contributed by atoms with van der Waals surface area (Å²) in [6.45, 7) is 3.46. The molecule has 0 radical (unpaired) electrons. The molecule has 2 saturated heterocycles. The fraction of sp³-hybridized carbons (Fsp3) is 0.867. The third-order valence-electron chi connectivity index (χ3n) is 5.90. The molecule has 4 aliphatic rings. The molecule has 21 heavy (non-hydrogen) atoms. The number of hydrogen-bond donors (Lipinski definition) is 2. The summed E-state index contributed by atoms with van der Waals surface area (Å²) < 4.78 is 0. The van der Waals surface area contributed by atoms with E-state index in [1.165, 1.54) is 32.1 Å². The van der Waals surface area contributed by atoms with Crippen molar-refractivity contribution in [3.05, 3.63) is 0 Å². The molecule has 4 amide bonds. The summed E-state index contributed by atoms with van der Waals surface area (Å²) >= 11 is 0. The minimum Gasteiger partial charge on any atom is -0.337 e. The SMILES string of the molecule is O=C(NCC1(C2CC2)CCC1)N1CCN2C(=O)NC[C@H]2C1. The highest BCUT2D eigenvalue weighted by Gasteiger charge is 2.49. The topological polar surface area (TPSA) is 64.7 Å². The Morgan fingerprint density at radius 3 is 2.81 bits per heavy atom. The van der Waals surface area contributed by atoms with Crippen LogP contribution in [0.15, 0.2) is 0 Å². The van der Waals surface area contributed by atoms with Crippen molar-refractivity contribution in [1.29, 1.82) is 0 Å². The Hall–Kier alpha value is -1.46. The molecule has 2 saturated carbocycles. The highest BCUT2D eigenvalue weighted by atomic mass is 16.2. The first-order valence-corrected chi connectivity index (χ1v) is 8.25. The minimum atomic E-state index is 0.0159. The Bertz CT molecular complexity index is 459. The summed E-state index contributed by atoms with van der Waals surface area (Å²) in [6.07, 6.45) is 6.59. The normalized spacial score (nSPS) is 30.5. The molecule has 2 aliphatic carbocycles. The zero-order valence-corrected chi connectivity index (χ0v) is 12.4. The van der Waals surface area contributed by atoms with Crippen LogP contribution in [-0.4, -0.2) is 60.6 Å². The lowest BCUT2D eigenvalue weighted by atomic mass is 9.65. The smallest absolute Gasteiger partial charge is 0.317 e. The molecule has 4 fully saturated rings. The van der Waals surface area contributed by atoms with Gasteiger partial charge in [0.2, 0.25) is 0 Å². The average molecular weight is 292 g/mol. The fourth-order valence-corrected chi connectivity index (χ4v) is 4.21. The molecule has 0 unspecified atom stereocenters. The molecule has 2 aliphatic heterocycles. The maximum atomic E-state index is 12.4. The van der Waals surface area contributed by atoms with Crippen molar-refractivity contribution in [2.45, 2.75) is 38.1 Å². The van der Waals surface area contributed by atoms with Gasteiger partial charge in [0, 0.05) is 32.7 Å². The molecule has 0 spiro atoms. The molecule has 2 heterocycles. The Labute approximate surface area is 125 Å². The average Bonchev–Trinajstić information content (AvgIpc) is 3.22. The van der Waals surface area contributed by atoms with E-state index in [9.17, 15) is 9.59 Å². The lowest BCUT2D eigenvalue weighted by Gasteiger charge is -2.43. The van der Waals surface area contributed by atoms with Crippen LogP contribution in [0.25, 0.3) is 0 Å². The van der Waals surface area contributed by atoms with Gasteiger partial charge >= 0.3 is 12.1 Å². The third kappa shape index (κ3) is 2.24. The molecule has 6 nitrogen and oxygen atoms in total. The van der Waals surface area contributed by atoms with Crippen molar-refractivity contribution in [3.63, 3.8) is 0 Å². The van der Waals surface area contributed by atoms with E-state index in [0.717, 1.165) is 12.5 Å². The second kappa shape index (κ2) is 4.78. The van der Waals surface area contributed by atoms with Crippen molar-refractivity contribution in [1.82, 2.24) is 20.4 Å². The van der Waals surface area contributed by atoms with Crippen molar-refractivity contribution < 1.29 is 9.59 Å². The number of hydrogen-bond acceptors (Lipinski definition) is 2. The number of carbonyl (C=O) groups excluding carboxylic acids is 2. The molecule has 116 valence electrons. The van der Waals surface area contributed by atoms with E-state index in [1.54, 1.807) is 0 Å². The molecular formula is C15H24N4O2. The molecule has 0 bridgehead atoms. The predicted molar refractivity (Wildman–Crippen MR) is 77.9 cm³/mol. The molecule has 1 atom stereocenters. The number of rotatable bonds is 3. The first kappa shape index (κ1) is 13.2. The van der Waals surface area contributed by atoms with E-state index in [-0.39, 0.29) is 18.1 Å². The number of urea groups is 2. The van der Waals surface area contributed by atoms with Crippen LogP contribution in [0, 0.1) is 11.3 Å². The van der Waals surface area contributed by atoms with E-state index in [4.69, 9.17) is 0 Å². The van der Waals surface area contributed by atoms with Crippen molar-refractivity contribution in [3.8, 4) is 0 Å². The second-order valence-corrected chi connectivity index (χ2v) is 7.13. The minimum absolute atomic E-state index is 0.0159. The lowest BCUT2D eigenvalue weighted by Crippen LogP contribution is -2.57. The summed E-state index contributed by atoms with van der Waals surface area (Å²) in [7, 11) is 0. The van der Waals surface area contributed by atoms with E-state index in [2.05, 4.69) is 10.6 Å². The summed E-state index contributed by atoms with van der Waals surface area (Å²) in [6, 6.07) is 0.223. The molecule has 0 aromatic heterocycles. The molecule has 0 aromatic rings. The van der Waals surface area contributed by atoms with Gasteiger partial charge in [-0.3, -0.25) is 0 Å². The number of piperazine rings is 1. The molecule has 2 N–H and O–H groups in total. The Morgan fingerprint density at radius 2 is 2.14 bits per heavy atom. The van der Waals surface area contributed by atoms with Gasteiger partial charge < -0.3 is 20.4 Å². The zero-order chi connectivity index (χ0) is 14.4. The number of fused-ring (bicyclic) bond motifs is 1. The van der Waals surface area contributed by atoms with Crippen LogP contribution in [0.1, 0.15) is 32.1 Å². The number of amides is 4. The van der Waals surface area contributed by atoms with Gasteiger partial charge in [0.25, 0.3) is 0 Å². The van der Waals surface area contributed by atoms with Crippen LogP contribution in [0.2, 0.25) is 0 Å². The van der Waals surface area contributed by atoms with Crippen LogP contribution >= 0.6 is 0 Å². The molecule has 0 aromatic carbocycles. The Morgan fingerprint density at radius 1 is 1.33 bits per heavy atom. The fourth-order valence-electron chi connectivity index (χ4n) is 4.21. The maximum absolute atomic E-state index is 12.4. The summed E-state index contributed by atoms with van der Waals surface area (Å²) in [5, 5.41) is 6.02. The predicted octanol–water partition coefficient (Wildman–Crippen LogP) is 0.986. The van der Waals surface area contributed by atoms with Gasteiger partial charge in [-0.05, 0) is 37.0 Å². The van der Waals surface area contributed by atoms with Crippen LogP contribution < -0.4 is 10.6 Å². The van der Waals surface area contributed by atoms with Crippen molar-refractivity contribution in [2.24, 2.45) is 11.3 Å². The highest BCUT2D eigenvalue weighted by molar-refractivity contribution is 5.78. The van der Waals surface area contributed by atoms with Crippen LogP contribution in [0.3, 0.4) is 0 Å². The van der Waals surface area contributed by atoms with Crippen molar-refractivity contribution in [2.75, 3.05) is 32.7 Å². The Kier molecular flexibility index (Phi) is 3.01. The first-order valence-electron chi connectivity index (χ1n) is 8.25. The van der Waals surface area contributed by atoms with E-state index in [1.807, 2.05) is 9.80 Å². The van der Waals surface area contributed by atoms with E-state index in [0.29, 0.717) is 31.6 Å². The second-order valence-electron chi connectivity index (χ2n) is 7.13. The largest absolute Gasteiger partial charge is 0.337 e. The maximum Gasteiger partial charge on any atom is 0.317 e. The van der Waals surface area contributed by atoms with Gasteiger partial charge in [0.15, 0.2) is 0 Å². The molecule has 4 rings (SSSR count). The number of carbonyl (C=O) groups is 2. The first-order chi connectivity index (χ1) is 10.2. The number of nitrogens with one attached hydrogen (secondary N) is 2. The van der Waals surface area contributed by atoms with Crippen LogP contribution in [-0.2, 0) is 0 Å². The Balaban J connectivity index is 1.30. The highest BCUT2D eigenvalue weighted by Crippen LogP contribution is 2.56. The van der Waals surface area contributed by atoms with E-state index >= 15 is 0 Å². The van der Waals surface area contributed by atoms with E-state index < -0.39 is 0 Å². The summed E-state index contributed by atoms with van der Waals surface area (Å²) in [4.78, 5) is 27.7. The molecule has 6 heteroatoms. The summed E-state index contributed by atoms with van der Waals surface area (Å²) in [5.74, 6) is 0.861. The van der Waals surface area contributed by atoms with Gasteiger partial charge in [-0.25, -0.2) is 9.59 Å². The lowest BCUT2D eigenvalue weighted by molar-refractivity contribution is 0.0918. The van der Waals surface area contributed by atoms with Gasteiger partial charge in [-0.2, -0.15) is 0 Å². The van der Waals surface area contributed by atoms with Crippen molar-refractivity contribution >= 4 is 12.1 Å². The van der Waals surface area contributed by atoms with Crippen LogP contribution in [0.5, 0.6) is 0 Å². The summed E-state index contributed by atoms with van der Waals surface area (Å²) in [5.41, 5.74) is 0.419. The van der Waals surface area contributed by atoms with Gasteiger partial charge in [0.1, 0.15) is 0 Å². The number of nitrogens with zero attached hydrogens (tertiary/aromatic N) is 2. The molecular weight excluding hydrogens is 268 g/mol. The quantitative estimate of drug-likeness (QED) is 0.814. The van der Waals surface area contributed by atoms with Gasteiger partial charge in [-0.15, -0.1) is 0 Å². The standard InChI is InChI=1S/C15H24N4O2/c20-13(17-10-15(4-1-5-15)11-2-3-11)18-6-7-19-12(9-18)8-16-14(19)21/h11-12H,1-10H2,(H,16,21)(H,17,20)/t12-/m0/s1. The van der Waals surface area contributed by atoms with Crippen LogP contribution in [0.4, 0.5) is 9.59 Å². The zero-order valence-electron chi connectivity index (χ0n) is 12.4.